The summed E-state index contributed by atoms with van der Waals surface area (Å²) >= 11 is 8.08. The zero-order valence-electron chi connectivity index (χ0n) is 6.03. The maximum absolute atomic E-state index is 10.7. The van der Waals surface area contributed by atoms with Gasteiger partial charge in [0.2, 0.25) is 5.69 Å². The molecule has 0 amide bonds. The number of nitrogens with zero attached hydrogens (tertiary/aromatic N) is 2. The molecule has 0 aliphatic heterocycles. The van der Waals surface area contributed by atoms with E-state index in [0.29, 0.717) is 4.47 Å². The van der Waals surface area contributed by atoms with E-state index in [-0.39, 0.29) is 5.69 Å². The van der Waals surface area contributed by atoms with Gasteiger partial charge in [-0.25, -0.2) is 4.98 Å². The Morgan fingerprint density at radius 1 is 1.69 bits per heavy atom. The summed E-state index contributed by atoms with van der Waals surface area (Å²) in [7, 11) is 0. The van der Waals surface area contributed by atoms with Gasteiger partial charge in [-0.1, -0.05) is 0 Å². The smallest absolute Gasteiger partial charge is 0.274 e. The molecule has 0 aromatic carbocycles. The number of aromatic nitrogens is 1. The second-order valence-corrected chi connectivity index (χ2v) is 3.31. The quantitative estimate of drug-likeness (QED) is 0.466. The van der Waals surface area contributed by atoms with Crippen LogP contribution in [0.3, 0.4) is 0 Å². The fraction of sp³-hybridized carbons (Fsp3) is 0. The fourth-order valence-corrected chi connectivity index (χ4v) is 1.18. The van der Waals surface area contributed by atoms with Crippen LogP contribution in [0.4, 0.5) is 5.69 Å². The molecule has 0 aliphatic rings. The molecule has 0 aliphatic carbocycles. The standard InChI is InChI=1S/C6H2BrClN2O3/c7-3-1-4(10(12)13)5(6(8)11)9-2-3/h1-2H. The maximum Gasteiger partial charge on any atom is 0.301 e. The minimum absolute atomic E-state index is 0.352. The van der Waals surface area contributed by atoms with Crippen molar-refractivity contribution in [2.24, 2.45) is 0 Å². The average Bonchev–Trinajstić information content (AvgIpc) is 2.03. The number of pyridine rings is 1. The Kier molecular flexibility index (Phi) is 2.94. The third-order valence-corrected chi connectivity index (χ3v) is 1.83. The van der Waals surface area contributed by atoms with Gasteiger partial charge in [0.15, 0.2) is 0 Å². The number of nitro groups is 1. The lowest BCUT2D eigenvalue weighted by molar-refractivity contribution is -0.385. The van der Waals surface area contributed by atoms with E-state index < -0.39 is 15.9 Å². The molecule has 5 nitrogen and oxygen atoms in total. The van der Waals surface area contributed by atoms with Gasteiger partial charge in [-0.2, -0.15) is 0 Å². The van der Waals surface area contributed by atoms with Crippen LogP contribution in [0.2, 0.25) is 0 Å². The Morgan fingerprint density at radius 3 is 2.77 bits per heavy atom. The van der Waals surface area contributed by atoms with Gasteiger partial charge < -0.3 is 0 Å². The van der Waals surface area contributed by atoms with Gasteiger partial charge >= 0.3 is 5.69 Å². The van der Waals surface area contributed by atoms with E-state index in [4.69, 9.17) is 11.6 Å². The van der Waals surface area contributed by atoms with Crippen LogP contribution in [0.1, 0.15) is 10.5 Å². The number of rotatable bonds is 2. The van der Waals surface area contributed by atoms with E-state index >= 15 is 0 Å². The van der Waals surface area contributed by atoms with Crippen molar-refractivity contribution in [3.05, 3.63) is 32.5 Å². The number of carbonyl (C=O) groups is 1. The van der Waals surface area contributed by atoms with E-state index in [2.05, 4.69) is 20.9 Å². The van der Waals surface area contributed by atoms with Crippen molar-refractivity contribution in [1.29, 1.82) is 0 Å². The third kappa shape index (κ3) is 2.22. The molecule has 7 heteroatoms. The van der Waals surface area contributed by atoms with Crippen LogP contribution in [0.25, 0.3) is 0 Å². The highest BCUT2D eigenvalue weighted by Gasteiger charge is 2.20. The Hall–Kier alpha value is -1.01. The van der Waals surface area contributed by atoms with Gasteiger partial charge in [0.05, 0.1) is 4.92 Å². The van der Waals surface area contributed by atoms with Crippen molar-refractivity contribution in [2.45, 2.75) is 0 Å². The van der Waals surface area contributed by atoms with Gasteiger partial charge in [-0.15, -0.1) is 0 Å². The number of hydrogen-bond donors (Lipinski definition) is 0. The second-order valence-electron chi connectivity index (χ2n) is 2.05. The van der Waals surface area contributed by atoms with Crippen LogP contribution in [0, 0.1) is 10.1 Å². The molecule has 0 saturated carbocycles. The molecule has 0 atom stereocenters. The first-order valence-corrected chi connectivity index (χ1v) is 4.19. The lowest BCUT2D eigenvalue weighted by atomic mass is 10.3. The molecule has 0 fully saturated rings. The van der Waals surface area contributed by atoms with Crippen molar-refractivity contribution in [2.75, 3.05) is 0 Å². The topological polar surface area (TPSA) is 73.1 Å². The Morgan fingerprint density at radius 2 is 2.31 bits per heavy atom. The van der Waals surface area contributed by atoms with Crippen LogP contribution in [0.5, 0.6) is 0 Å². The highest BCUT2D eigenvalue weighted by molar-refractivity contribution is 9.10. The molecular weight excluding hydrogens is 263 g/mol. The van der Waals surface area contributed by atoms with E-state index in [1.165, 1.54) is 12.3 Å². The van der Waals surface area contributed by atoms with Crippen molar-refractivity contribution >= 4 is 38.5 Å². The molecule has 0 unspecified atom stereocenters. The first-order chi connectivity index (χ1) is 6.02. The normalized spacial score (nSPS) is 9.69. The number of carbonyl (C=O) groups excluding carboxylic acids is 1. The lowest BCUT2D eigenvalue weighted by Gasteiger charge is -1.96. The van der Waals surface area contributed by atoms with Gasteiger partial charge in [-0.3, -0.25) is 14.9 Å². The Balaban J connectivity index is 3.35. The summed E-state index contributed by atoms with van der Waals surface area (Å²) in [5.74, 6) is 0. The van der Waals surface area contributed by atoms with Crippen molar-refractivity contribution in [3.8, 4) is 0 Å². The van der Waals surface area contributed by atoms with Crippen LogP contribution in [-0.2, 0) is 0 Å². The zero-order chi connectivity index (χ0) is 10.0. The molecular formula is C6H2BrClN2O3. The summed E-state index contributed by atoms with van der Waals surface area (Å²) in [5, 5.41) is 9.47. The van der Waals surface area contributed by atoms with Gasteiger partial charge in [0.25, 0.3) is 5.24 Å². The molecule has 1 aromatic rings. The number of hydrogen-bond acceptors (Lipinski definition) is 4. The third-order valence-electron chi connectivity index (χ3n) is 1.22. The molecule has 13 heavy (non-hydrogen) atoms. The summed E-state index contributed by atoms with van der Waals surface area (Å²) < 4.78 is 0.417. The average molecular weight is 265 g/mol. The Labute approximate surface area is 86.0 Å². The number of halogens is 2. The van der Waals surface area contributed by atoms with E-state index in [1.807, 2.05) is 0 Å². The van der Waals surface area contributed by atoms with Gasteiger partial charge in [-0.05, 0) is 27.5 Å². The minimum Gasteiger partial charge on any atom is -0.274 e. The molecule has 1 aromatic heterocycles. The van der Waals surface area contributed by atoms with E-state index in [0.717, 1.165) is 0 Å². The summed E-state index contributed by atoms with van der Waals surface area (Å²) in [6.07, 6.45) is 1.27. The summed E-state index contributed by atoms with van der Waals surface area (Å²) in [5.41, 5.74) is -0.760. The molecule has 0 N–H and O–H groups in total. The monoisotopic (exact) mass is 264 g/mol. The van der Waals surface area contributed by atoms with Crippen LogP contribution in [-0.4, -0.2) is 15.1 Å². The van der Waals surface area contributed by atoms with E-state index in [1.54, 1.807) is 0 Å². The fourth-order valence-electron chi connectivity index (χ4n) is 0.719. The SMILES string of the molecule is O=C(Cl)c1ncc(Br)cc1[N+](=O)[O-]. The first kappa shape index (κ1) is 10.1. The predicted molar refractivity (Wildman–Crippen MR) is 48.8 cm³/mol. The molecule has 0 saturated heterocycles. The summed E-state index contributed by atoms with van der Waals surface area (Å²) in [6.45, 7) is 0. The van der Waals surface area contributed by atoms with E-state index in [9.17, 15) is 14.9 Å². The largest absolute Gasteiger partial charge is 0.301 e. The summed E-state index contributed by atoms with van der Waals surface area (Å²) in [6, 6.07) is 1.17. The minimum atomic E-state index is -0.945. The highest BCUT2D eigenvalue weighted by Crippen LogP contribution is 2.22. The Bertz CT molecular complexity index is 382. The lowest BCUT2D eigenvalue weighted by Crippen LogP contribution is -2.01. The second kappa shape index (κ2) is 3.80. The molecule has 1 rings (SSSR count). The van der Waals surface area contributed by atoms with Gasteiger partial charge in [0, 0.05) is 16.7 Å². The van der Waals surface area contributed by atoms with Crippen LogP contribution in [0.15, 0.2) is 16.7 Å². The molecule has 1 heterocycles. The summed E-state index contributed by atoms with van der Waals surface area (Å²) in [4.78, 5) is 23.9. The molecule has 0 spiro atoms. The first-order valence-electron chi connectivity index (χ1n) is 3.02. The van der Waals surface area contributed by atoms with Crippen molar-refractivity contribution in [3.63, 3.8) is 0 Å². The van der Waals surface area contributed by atoms with Crippen molar-refractivity contribution < 1.29 is 9.72 Å². The predicted octanol–water partition coefficient (Wildman–Crippen LogP) is 2.13. The highest BCUT2D eigenvalue weighted by atomic mass is 79.9. The zero-order valence-corrected chi connectivity index (χ0v) is 8.37. The molecule has 0 bridgehead atoms. The molecule has 0 radical (unpaired) electrons. The molecule has 68 valence electrons. The van der Waals surface area contributed by atoms with Gasteiger partial charge in [0.1, 0.15) is 0 Å². The maximum atomic E-state index is 10.7. The van der Waals surface area contributed by atoms with Crippen LogP contribution < -0.4 is 0 Å². The van der Waals surface area contributed by atoms with Crippen LogP contribution >= 0.6 is 27.5 Å². The van der Waals surface area contributed by atoms with Crippen molar-refractivity contribution in [1.82, 2.24) is 4.98 Å².